The van der Waals surface area contributed by atoms with Crippen LogP contribution in [0, 0.1) is 0 Å². The molecule has 0 saturated heterocycles. The molecule has 0 radical (unpaired) electrons. The minimum Gasteiger partial charge on any atom is -0.506 e. The number of halogens is 1. The predicted octanol–water partition coefficient (Wildman–Crippen LogP) is 5.94. The number of carbonyl (C=O) groups is 2. The normalized spacial score (nSPS) is 16.6. The first kappa shape index (κ1) is 39.4. The number of esters is 1. The second-order valence-corrected chi connectivity index (χ2v) is 15.5. The van der Waals surface area contributed by atoms with Crippen LogP contribution in [-0.2, 0) is 26.5 Å². The van der Waals surface area contributed by atoms with Gasteiger partial charge in [0.1, 0.15) is 17.6 Å². The van der Waals surface area contributed by atoms with Crippen molar-refractivity contribution in [3.63, 3.8) is 0 Å². The van der Waals surface area contributed by atoms with E-state index in [-0.39, 0.29) is 47.8 Å². The highest BCUT2D eigenvalue weighted by atomic mass is 35.5. The van der Waals surface area contributed by atoms with E-state index in [0.29, 0.717) is 69.5 Å². The van der Waals surface area contributed by atoms with Gasteiger partial charge in [0.25, 0.3) is 0 Å². The molecule has 3 heterocycles. The standard InChI is InChI=1S/C39H43ClN4O8S2/c1-51-32-20-29(28(40)19-23(32)21-41-22-31(46)26-12-14-30(45)37-27(26)13-15-36(48)44-37)43-35(47)7-2-16-42-24-8-10-25(11-9-24)52-38(49)39(50,33-5-3-17-53-33)34-6-4-18-54-34/h3-6,12-15,17-20,24-25,31,41-42,45-46,50H,2,7-11,16,21-22H2,1H3,(H,43,47)(H,44,48). The number of aliphatic hydroxyl groups excluding tert-OH is 1. The number of rotatable bonds is 16. The van der Waals surface area contributed by atoms with Crippen LogP contribution in [0.4, 0.5) is 5.69 Å². The van der Waals surface area contributed by atoms with Gasteiger partial charge < -0.3 is 45.7 Å². The van der Waals surface area contributed by atoms with Gasteiger partial charge in [-0.3, -0.25) is 9.59 Å². The van der Waals surface area contributed by atoms with Crippen molar-refractivity contribution in [3.05, 3.63) is 108 Å². The summed E-state index contributed by atoms with van der Waals surface area (Å²) in [5.74, 6) is -0.398. The van der Waals surface area contributed by atoms with Gasteiger partial charge in [0.15, 0.2) is 0 Å². The summed E-state index contributed by atoms with van der Waals surface area (Å²) < 4.78 is 11.4. The molecule has 1 unspecified atom stereocenters. The van der Waals surface area contributed by atoms with Crippen molar-refractivity contribution < 1.29 is 34.4 Å². The van der Waals surface area contributed by atoms with E-state index < -0.39 is 17.7 Å². The van der Waals surface area contributed by atoms with E-state index in [1.54, 1.807) is 36.4 Å². The Morgan fingerprint density at radius 3 is 2.43 bits per heavy atom. The van der Waals surface area contributed by atoms with Crippen LogP contribution in [0.5, 0.6) is 11.5 Å². The SMILES string of the molecule is COc1cc(NC(=O)CCCNC2CCC(OC(=O)C(O)(c3cccs3)c3cccs3)CC2)c(Cl)cc1CNCC(O)c1ccc(O)c2[nH]c(=O)ccc12. The molecule has 15 heteroatoms. The third kappa shape index (κ3) is 9.15. The molecule has 5 aromatic rings. The summed E-state index contributed by atoms with van der Waals surface area (Å²) in [5.41, 5.74) is -0.205. The van der Waals surface area contributed by atoms with Gasteiger partial charge in [0, 0.05) is 48.6 Å². The second kappa shape index (κ2) is 17.9. The number of H-pyrrole nitrogens is 1. The Morgan fingerprint density at radius 1 is 1.04 bits per heavy atom. The number of thiophene rings is 2. The summed E-state index contributed by atoms with van der Waals surface area (Å²) in [6.07, 6.45) is 2.67. The topological polar surface area (TPSA) is 182 Å². The number of aromatic amines is 1. The van der Waals surface area contributed by atoms with Crippen molar-refractivity contribution in [2.24, 2.45) is 0 Å². The zero-order chi connectivity index (χ0) is 38.2. The maximum Gasteiger partial charge on any atom is 0.349 e. The van der Waals surface area contributed by atoms with Gasteiger partial charge >= 0.3 is 5.97 Å². The van der Waals surface area contributed by atoms with E-state index in [9.17, 15) is 29.7 Å². The van der Waals surface area contributed by atoms with E-state index in [1.807, 2.05) is 22.9 Å². The molecule has 6 rings (SSSR count). The van der Waals surface area contributed by atoms with Gasteiger partial charge in [-0.05, 0) is 85.3 Å². The molecule has 7 N–H and O–H groups in total. The highest BCUT2D eigenvalue weighted by Crippen LogP contribution is 2.38. The minimum atomic E-state index is -1.81. The first-order chi connectivity index (χ1) is 26.1. The Bertz CT molecular complexity index is 2070. The zero-order valence-corrected chi connectivity index (χ0v) is 32.0. The minimum absolute atomic E-state index is 0.0813. The molecular formula is C39H43ClN4O8S2. The Balaban J connectivity index is 0.921. The lowest BCUT2D eigenvalue weighted by atomic mass is 9.92. The largest absolute Gasteiger partial charge is 0.506 e. The second-order valence-electron chi connectivity index (χ2n) is 13.2. The van der Waals surface area contributed by atoms with Gasteiger partial charge in [-0.25, -0.2) is 4.79 Å². The first-order valence-corrected chi connectivity index (χ1v) is 19.8. The average Bonchev–Trinajstić information content (AvgIpc) is 3.92. The van der Waals surface area contributed by atoms with Crippen LogP contribution in [0.15, 0.2) is 76.2 Å². The molecule has 0 aliphatic heterocycles. The number of aromatic hydroxyl groups is 1. The quantitative estimate of drug-likeness (QED) is 0.0467. The molecule has 1 fully saturated rings. The van der Waals surface area contributed by atoms with Crippen LogP contribution in [-0.4, -0.2) is 64.5 Å². The Labute approximate surface area is 325 Å². The maximum atomic E-state index is 13.3. The number of hydrogen-bond donors (Lipinski definition) is 7. The summed E-state index contributed by atoms with van der Waals surface area (Å²) >= 11 is 9.20. The molecule has 1 aliphatic rings. The maximum absolute atomic E-state index is 13.3. The number of fused-ring (bicyclic) bond motifs is 1. The van der Waals surface area contributed by atoms with Crippen LogP contribution in [0.1, 0.15) is 65.5 Å². The molecule has 1 atom stereocenters. The Hall–Kier alpha value is -4.28. The fourth-order valence-electron chi connectivity index (χ4n) is 6.70. The number of pyridine rings is 1. The van der Waals surface area contributed by atoms with Crippen LogP contribution in [0.25, 0.3) is 10.9 Å². The molecule has 286 valence electrons. The smallest absolute Gasteiger partial charge is 0.349 e. The molecule has 1 saturated carbocycles. The number of phenolic OH excluding ortho intramolecular Hbond substituents is 1. The summed E-state index contributed by atoms with van der Waals surface area (Å²) in [5, 5.41) is 46.7. The molecule has 0 bridgehead atoms. The molecule has 1 aliphatic carbocycles. The molecule has 1 amide bonds. The molecule has 2 aromatic carbocycles. The van der Waals surface area contributed by atoms with Crippen molar-refractivity contribution in [2.75, 3.05) is 25.5 Å². The Kier molecular flexibility index (Phi) is 13.1. The predicted molar refractivity (Wildman–Crippen MR) is 211 cm³/mol. The summed E-state index contributed by atoms with van der Waals surface area (Å²) in [6.45, 7) is 1.12. The summed E-state index contributed by atoms with van der Waals surface area (Å²) in [6, 6.07) is 16.7. The fourth-order valence-corrected chi connectivity index (χ4v) is 8.65. The Morgan fingerprint density at radius 2 is 1.76 bits per heavy atom. The van der Waals surface area contributed by atoms with Gasteiger partial charge in [-0.2, -0.15) is 0 Å². The lowest BCUT2D eigenvalue weighted by Crippen LogP contribution is -2.41. The number of nitrogens with one attached hydrogen (secondary N) is 4. The molecule has 54 heavy (non-hydrogen) atoms. The van der Waals surface area contributed by atoms with Gasteiger partial charge in [-0.1, -0.05) is 29.8 Å². The summed E-state index contributed by atoms with van der Waals surface area (Å²) in [4.78, 5) is 41.5. The number of aromatic nitrogens is 1. The van der Waals surface area contributed by atoms with E-state index in [1.165, 1.54) is 41.9 Å². The van der Waals surface area contributed by atoms with Crippen molar-refractivity contribution in [1.29, 1.82) is 0 Å². The van der Waals surface area contributed by atoms with Crippen LogP contribution < -0.4 is 26.2 Å². The highest BCUT2D eigenvalue weighted by molar-refractivity contribution is 7.12. The summed E-state index contributed by atoms with van der Waals surface area (Å²) in [7, 11) is 1.52. The van der Waals surface area contributed by atoms with Crippen molar-refractivity contribution in [3.8, 4) is 11.5 Å². The average molecular weight is 795 g/mol. The third-order valence-corrected chi connectivity index (χ3v) is 11.8. The molecular weight excluding hydrogens is 752 g/mol. The van der Waals surface area contributed by atoms with E-state index in [2.05, 4.69) is 20.9 Å². The number of carbonyl (C=O) groups excluding carboxylic acids is 2. The van der Waals surface area contributed by atoms with E-state index in [0.717, 1.165) is 18.4 Å². The number of benzene rings is 2. The van der Waals surface area contributed by atoms with E-state index in [4.69, 9.17) is 21.1 Å². The van der Waals surface area contributed by atoms with Gasteiger partial charge in [-0.15, -0.1) is 22.7 Å². The molecule has 12 nitrogen and oxygen atoms in total. The van der Waals surface area contributed by atoms with Gasteiger partial charge in [0.2, 0.25) is 17.1 Å². The number of hydrogen-bond acceptors (Lipinski definition) is 12. The number of phenols is 1. The first-order valence-electron chi connectivity index (χ1n) is 17.7. The molecule has 0 spiro atoms. The molecule has 3 aromatic heterocycles. The highest BCUT2D eigenvalue weighted by Gasteiger charge is 2.45. The van der Waals surface area contributed by atoms with Crippen molar-refractivity contribution in [1.82, 2.24) is 15.6 Å². The number of anilines is 1. The number of amides is 1. The van der Waals surface area contributed by atoms with Crippen LogP contribution in [0.2, 0.25) is 5.02 Å². The third-order valence-electron chi connectivity index (χ3n) is 9.58. The number of methoxy groups -OCH3 is 1. The monoisotopic (exact) mass is 794 g/mol. The fraction of sp³-hybridized carbons (Fsp3) is 0.359. The van der Waals surface area contributed by atoms with Crippen molar-refractivity contribution in [2.45, 2.75) is 68.9 Å². The number of aliphatic hydroxyl groups is 2. The zero-order valence-electron chi connectivity index (χ0n) is 29.6. The van der Waals surface area contributed by atoms with Crippen LogP contribution in [0.3, 0.4) is 0 Å². The van der Waals surface area contributed by atoms with E-state index >= 15 is 0 Å². The van der Waals surface area contributed by atoms with Gasteiger partial charge in [0.05, 0.1) is 39.2 Å². The number of ether oxygens (including phenoxy) is 2. The lowest BCUT2D eigenvalue weighted by molar-refractivity contribution is -0.169. The lowest BCUT2D eigenvalue weighted by Gasteiger charge is -2.32. The van der Waals surface area contributed by atoms with Crippen LogP contribution >= 0.6 is 34.3 Å². The van der Waals surface area contributed by atoms with Crippen molar-refractivity contribution >= 4 is 62.7 Å².